The molecular weight excluding hydrogens is 397 g/mol. The van der Waals surface area contributed by atoms with Crippen molar-refractivity contribution in [2.45, 2.75) is 29.6 Å². The lowest BCUT2D eigenvalue weighted by Gasteiger charge is -2.07. The van der Waals surface area contributed by atoms with E-state index in [0.29, 0.717) is 11.1 Å². The van der Waals surface area contributed by atoms with Gasteiger partial charge < -0.3 is 9.32 Å². The van der Waals surface area contributed by atoms with Crippen LogP contribution in [0.5, 0.6) is 0 Å². The van der Waals surface area contributed by atoms with E-state index in [-0.39, 0.29) is 5.82 Å². The van der Waals surface area contributed by atoms with Crippen molar-refractivity contribution in [3.63, 3.8) is 0 Å². The zero-order chi connectivity index (χ0) is 18.9. The van der Waals surface area contributed by atoms with E-state index >= 15 is 0 Å². The lowest BCUT2D eigenvalue weighted by atomic mass is 10.2. The summed E-state index contributed by atoms with van der Waals surface area (Å²) in [7, 11) is 0. The summed E-state index contributed by atoms with van der Waals surface area (Å²) in [6, 6.07) is 8.46. The Morgan fingerprint density at radius 1 is 1.11 bits per heavy atom. The first-order valence-corrected chi connectivity index (χ1v) is 10.7. The molecule has 6 nitrogen and oxygen atoms in total. The number of hydrogen-bond acceptors (Lipinski definition) is 7. The van der Waals surface area contributed by atoms with Crippen LogP contribution in [0.4, 0.5) is 4.39 Å². The van der Waals surface area contributed by atoms with Gasteiger partial charge in [-0.25, -0.2) is 14.4 Å². The number of benzene rings is 1. The van der Waals surface area contributed by atoms with Gasteiger partial charge in [0.15, 0.2) is 6.54 Å². The summed E-state index contributed by atoms with van der Waals surface area (Å²) >= 11 is 2.93. The van der Waals surface area contributed by atoms with E-state index < -0.39 is 0 Å². The molecule has 0 bridgehead atoms. The minimum Gasteiger partial charge on any atom is -0.410 e. The average Bonchev–Trinajstić information content (AvgIpc) is 3.44. The molecule has 0 radical (unpaired) electrons. The highest BCUT2D eigenvalue weighted by Crippen LogP contribution is 2.38. The van der Waals surface area contributed by atoms with Crippen LogP contribution in [0.25, 0.3) is 20.7 Å². The zero-order valence-corrected chi connectivity index (χ0v) is 16.5. The second-order valence-electron chi connectivity index (χ2n) is 6.71. The number of likely N-dealkylation sites (tertiary alicyclic amines) is 1. The number of rotatable bonds is 5. The lowest BCUT2D eigenvalue weighted by molar-refractivity contribution is -0.902. The lowest BCUT2D eigenvalue weighted by Crippen LogP contribution is -3.08. The molecule has 0 saturated carbocycles. The van der Waals surface area contributed by atoms with Crippen molar-refractivity contribution >= 4 is 33.3 Å². The van der Waals surface area contributed by atoms with E-state index in [2.05, 4.69) is 20.2 Å². The Kier molecular flexibility index (Phi) is 4.79. The van der Waals surface area contributed by atoms with Crippen LogP contribution in [0, 0.1) is 5.82 Å². The van der Waals surface area contributed by atoms with E-state index in [1.54, 1.807) is 23.5 Å². The molecule has 1 N–H and O–H groups in total. The van der Waals surface area contributed by atoms with Crippen LogP contribution < -0.4 is 4.90 Å². The molecule has 0 aliphatic carbocycles. The van der Waals surface area contributed by atoms with Crippen molar-refractivity contribution in [1.29, 1.82) is 0 Å². The summed E-state index contributed by atoms with van der Waals surface area (Å²) in [5, 5.41) is 9.63. The van der Waals surface area contributed by atoms with Crippen molar-refractivity contribution in [3.8, 4) is 10.4 Å². The Labute approximate surface area is 168 Å². The molecule has 1 aromatic carbocycles. The predicted octanol–water partition coefficient (Wildman–Crippen LogP) is 3.21. The summed E-state index contributed by atoms with van der Waals surface area (Å²) in [6.45, 7) is 3.11. The molecule has 1 aliphatic heterocycles. The monoisotopic (exact) mass is 414 g/mol. The van der Waals surface area contributed by atoms with Gasteiger partial charge in [0.05, 0.1) is 23.3 Å². The number of hydrogen-bond donors (Lipinski definition) is 1. The van der Waals surface area contributed by atoms with Gasteiger partial charge in [-0.05, 0) is 35.5 Å². The first-order valence-electron chi connectivity index (χ1n) is 9.09. The number of nitrogens with one attached hydrogen (secondary N) is 1. The first kappa shape index (κ1) is 17.7. The zero-order valence-electron chi connectivity index (χ0n) is 14.9. The molecule has 1 saturated heterocycles. The third kappa shape index (κ3) is 3.65. The van der Waals surface area contributed by atoms with Gasteiger partial charge in [0.2, 0.25) is 0 Å². The highest BCUT2D eigenvalue weighted by atomic mass is 32.2. The molecule has 3 aromatic heterocycles. The van der Waals surface area contributed by atoms with Crippen LogP contribution in [0.3, 0.4) is 0 Å². The third-order valence-corrected chi connectivity index (χ3v) is 6.90. The van der Waals surface area contributed by atoms with E-state index in [1.165, 1.54) is 61.1 Å². The molecule has 0 spiro atoms. The van der Waals surface area contributed by atoms with Gasteiger partial charge in [0.25, 0.3) is 11.1 Å². The smallest absolute Gasteiger partial charge is 0.283 e. The normalized spacial score (nSPS) is 14.9. The van der Waals surface area contributed by atoms with Gasteiger partial charge in [-0.15, -0.1) is 21.5 Å². The summed E-state index contributed by atoms with van der Waals surface area (Å²) in [4.78, 5) is 11.3. The fourth-order valence-electron chi connectivity index (χ4n) is 3.36. The van der Waals surface area contributed by atoms with Gasteiger partial charge in [-0.1, -0.05) is 12.1 Å². The van der Waals surface area contributed by atoms with Crippen LogP contribution >= 0.6 is 23.1 Å². The van der Waals surface area contributed by atoms with Gasteiger partial charge in [-0.2, -0.15) is 0 Å². The van der Waals surface area contributed by atoms with Crippen LogP contribution in [0.2, 0.25) is 0 Å². The van der Waals surface area contributed by atoms with E-state index in [0.717, 1.165) is 32.2 Å². The fraction of sp³-hybridized carbons (Fsp3) is 0.263. The van der Waals surface area contributed by atoms with E-state index in [1.807, 2.05) is 6.07 Å². The maximum absolute atomic E-state index is 13.2. The molecule has 0 unspecified atom stereocenters. The van der Waals surface area contributed by atoms with Crippen molar-refractivity contribution in [2.75, 3.05) is 13.1 Å². The number of thiophene rings is 1. The number of fused-ring (bicyclic) bond motifs is 1. The molecule has 4 aromatic rings. The number of aromatic nitrogens is 4. The SMILES string of the molecule is Fc1ccc(-c2cc3ncnc(Sc4nnc(C[NH+]5CCCC5)o4)c3s2)cc1. The molecule has 5 rings (SSSR count). The maximum atomic E-state index is 13.2. The van der Waals surface area contributed by atoms with Gasteiger partial charge in [0, 0.05) is 17.7 Å². The maximum Gasteiger partial charge on any atom is 0.283 e. The van der Waals surface area contributed by atoms with Gasteiger partial charge in [-0.3, -0.25) is 0 Å². The second kappa shape index (κ2) is 7.57. The third-order valence-electron chi connectivity index (χ3n) is 4.75. The number of halogens is 1. The molecule has 9 heteroatoms. The average molecular weight is 415 g/mol. The van der Waals surface area contributed by atoms with Crippen molar-refractivity contribution in [3.05, 3.63) is 48.4 Å². The molecular formula is C19H17FN5OS2+. The predicted molar refractivity (Wildman–Crippen MR) is 105 cm³/mol. The molecule has 0 atom stereocenters. The summed E-state index contributed by atoms with van der Waals surface area (Å²) in [5.41, 5.74) is 1.80. The van der Waals surface area contributed by atoms with Crippen LogP contribution in [0.1, 0.15) is 18.7 Å². The molecule has 4 heterocycles. The topological polar surface area (TPSA) is 69.1 Å². The molecule has 1 aliphatic rings. The summed E-state index contributed by atoms with van der Waals surface area (Å²) < 4.78 is 20.0. The fourth-order valence-corrected chi connectivity index (χ4v) is 5.29. The van der Waals surface area contributed by atoms with Crippen LogP contribution in [0.15, 0.2) is 51.3 Å². The number of quaternary nitrogens is 1. The minimum absolute atomic E-state index is 0.246. The quantitative estimate of drug-likeness (QED) is 0.506. The first-order chi connectivity index (χ1) is 13.7. The molecule has 1 fully saturated rings. The van der Waals surface area contributed by atoms with E-state index in [4.69, 9.17) is 4.42 Å². The standard InChI is InChI=1S/C19H16FN5OS2/c20-13-5-3-12(4-6-13)15-9-14-17(27-15)18(22-11-21-14)28-19-24-23-16(26-19)10-25-7-1-2-8-25/h3-6,9,11H,1-2,7-8,10H2/p+1. The van der Waals surface area contributed by atoms with Gasteiger partial charge >= 0.3 is 0 Å². The minimum atomic E-state index is -0.246. The highest BCUT2D eigenvalue weighted by molar-refractivity contribution is 7.99. The summed E-state index contributed by atoms with van der Waals surface area (Å²) in [5.74, 6) is 0.423. The molecule has 28 heavy (non-hydrogen) atoms. The van der Waals surface area contributed by atoms with Crippen LogP contribution in [-0.2, 0) is 6.54 Å². The Balaban J connectivity index is 1.40. The van der Waals surface area contributed by atoms with E-state index in [9.17, 15) is 4.39 Å². The van der Waals surface area contributed by atoms with Crippen LogP contribution in [-0.4, -0.2) is 33.3 Å². The Morgan fingerprint density at radius 3 is 2.75 bits per heavy atom. The van der Waals surface area contributed by atoms with Crippen molar-refractivity contribution in [2.24, 2.45) is 0 Å². The van der Waals surface area contributed by atoms with Crippen molar-refractivity contribution in [1.82, 2.24) is 20.2 Å². The number of nitrogens with zero attached hydrogens (tertiary/aromatic N) is 4. The molecule has 0 amide bonds. The summed E-state index contributed by atoms with van der Waals surface area (Å²) in [6.07, 6.45) is 4.06. The largest absolute Gasteiger partial charge is 0.410 e. The van der Waals surface area contributed by atoms with Crippen molar-refractivity contribution < 1.29 is 13.7 Å². The van der Waals surface area contributed by atoms with Gasteiger partial charge in [0.1, 0.15) is 17.2 Å². The Bertz CT molecular complexity index is 1110. The Hall–Kier alpha value is -2.36. The highest BCUT2D eigenvalue weighted by Gasteiger charge is 2.20. The Morgan fingerprint density at radius 2 is 1.93 bits per heavy atom. The molecule has 142 valence electrons. The second-order valence-corrected chi connectivity index (χ2v) is 8.70.